The molecule has 23 heavy (non-hydrogen) atoms. The van der Waals surface area contributed by atoms with Gasteiger partial charge in [0.2, 0.25) is 0 Å². The van der Waals surface area contributed by atoms with E-state index in [4.69, 9.17) is 16.3 Å². The minimum Gasteiger partial charge on any atom is -0.452 e. The second kappa shape index (κ2) is 8.60. The molecule has 0 aliphatic carbocycles. The van der Waals surface area contributed by atoms with Gasteiger partial charge in [0.15, 0.2) is 6.61 Å². The van der Waals surface area contributed by atoms with Gasteiger partial charge in [0.05, 0.1) is 5.56 Å². The Kier molecular flexibility index (Phi) is 6.50. The first-order valence-electron chi connectivity index (χ1n) is 7.04. The lowest BCUT2D eigenvalue weighted by molar-refractivity contribution is -0.119. The van der Waals surface area contributed by atoms with Crippen molar-refractivity contribution in [1.29, 1.82) is 0 Å². The third kappa shape index (κ3) is 5.30. The second-order valence-corrected chi connectivity index (χ2v) is 6.30. The van der Waals surface area contributed by atoms with Gasteiger partial charge in [-0.25, -0.2) is 4.79 Å². The minimum atomic E-state index is -0.507. The van der Waals surface area contributed by atoms with Gasteiger partial charge in [0, 0.05) is 15.6 Å². The average molecular weight is 350 g/mol. The molecule has 1 amide bonds. The van der Waals surface area contributed by atoms with Crippen LogP contribution in [0.4, 0.5) is 5.69 Å². The molecule has 0 heterocycles. The highest BCUT2D eigenvalue weighted by atomic mass is 35.5. The topological polar surface area (TPSA) is 55.4 Å². The number of thioether (sulfide) groups is 1. The molecule has 120 valence electrons. The number of nitrogens with one attached hydrogen (secondary N) is 1. The van der Waals surface area contributed by atoms with Crippen LogP contribution in [0.3, 0.4) is 0 Å². The van der Waals surface area contributed by atoms with Gasteiger partial charge in [-0.1, -0.05) is 30.7 Å². The number of carbonyl (C=O) groups is 2. The summed E-state index contributed by atoms with van der Waals surface area (Å²) >= 11 is 7.33. The SMILES string of the molecule is CCSc1ccccc1C(=O)OCC(=O)Nc1ccc(Cl)cc1. The molecule has 2 aromatic carbocycles. The summed E-state index contributed by atoms with van der Waals surface area (Å²) in [5, 5.41) is 3.22. The number of ether oxygens (including phenoxy) is 1. The van der Waals surface area contributed by atoms with E-state index < -0.39 is 11.9 Å². The Labute approximate surface area is 144 Å². The molecule has 4 nitrogen and oxygen atoms in total. The van der Waals surface area contributed by atoms with E-state index in [1.807, 2.05) is 19.1 Å². The molecule has 0 fully saturated rings. The predicted octanol–water partition coefficient (Wildman–Crippen LogP) is 4.25. The highest BCUT2D eigenvalue weighted by molar-refractivity contribution is 7.99. The van der Waals surface area contributed by atoms with E-state index in [0.29, 0.717) is 16.3 Å². The van der Waals surface area contributed by atoms with Gasteiger partial charge >= 0.3 is 5.97 Å². The number of amides is 1. The van der Waals surface area contributed by atoms with Crippen LogP contribution in [0.25, 0.3) is 0 Å². The monoisotopic (exact) mass is 349 g/mol. The molecule has 0 atom stereocenters. The summed E-state index contributed by atoms with van der Waals surface area (Å²) in [6, 6.07) is 13.9. The Morgan fingerprint density at radius 3 is 2.52 bits per heavy atom. The van der Waals surface area contributed by atoms with Gasteiger partial charge in [-0.15, -0.1) is 11.8 Å². The van der Waals surface area contributed by atoms with Crippen molar-refractivity contribution in [2.24, 2.45) is 0 Å². The third-order valence-electron chi connectivity index (χ3n) is 2.87. The second-order valence-electron chi connectivity index (χ2n) is 4.56. The molecule has 0 spiro atoms. The van der Waals surface area contributed by atoms with E-state index in [0.717, 1.165) is 10.6 Å². The van der Waals surface area contributed by atoms with Crippen LogP contribution < -0.4 is 5.32 Å². The highest BCUT2D eigenvalue weighted by Crippen LogP contribution is 2.22. The van der Waals surface area contributed by atoms with Gasteiger partial charge < -0.3 is 10.1 Å². The van der Waals surface area contributed by atoms with Crippen LogP contribution >= 0.6 is 23.4 Å². The molecule has 6 heteroatoms. The van der Waals surface area contributed by atoms with E-state index in [9.17, 15) is 9.59 Å². The summed E-state index contributed by atoms with van der Waals surface area (Å²) in [6.45, 7) is 1.67. The normalized spacial score (nSPS) is 10.2. The Morgan fingerprint density at radius 1 is 1.13 bits per heavy atom. The maximum Gasteiger partial charge on any atom is 0.339 e. The number of rotatable bonds is 6. The van der Waals surface area contributed by atoms with Crippen LogP contribution in [-0.4, -0.2) is 24.2 Å². The fourth-order valence-electron chi connectivity index (χ4n) is 1.86. The van der Waals surface area contributed by atoms with Crippen LogP contribution in [0, 0.1) is 0 Å². The van der Waals surface area contributed by atoms with E-state index in [1.54, 1.807) is 48.2 Å². The Hall–Kier alpha value is -1.98. The molecule has 0 saturated heterocycles. The first kappa shape index (κ1) is 17.4. The molecule has 2 aromatic rings. The summed E-state index contributed by atoms with van der Waals surface area (Å²) in [5.41, 5.74) is 1.07. The molecule has 0 aromatic heterocycles. The number of benzene rings is 2. The maximum absolute atomic E-state index is 12.1. The molecule has 0 bridgehead atoms. The summed E-state index contributed by atoms with van der Waals surface area (Å²) in [6.07, 6.45) is 0. The average Bonchev–Trinajstić information content (AvgIpc) is 2.56. The zero-order valence-corrected chi connectivity index (χ0v) is 14.1. The van der Waals surface area contributed by atoms with E-state index >= 15 is 0 Å². The zero-order chi connectivity index (χ0) is 16.7. The molecular formula is C17H16ClNO3S. The standard InChI is InChI=1S/C17H16ClNO3S/c1-2-23-15-6-4-3-5-14(15)17(21)22-11-16(20)19-13-9-7-12(18)8-10-13/h3-10H,2,11H2,1H3,(H,19,20). The van der Waals surface area contributed by atoms with Crippen molar-refractivity contribution in [3.05, 3.63) is 59.1 Å². The van der Waals surface area contributed by atoms with Crippen molar-refractivity contribution >= 4 is 40.9 Å². The van der Waals surface area contributed by atoms with Gasteiger partial charge in [-0.2, -0.15) is 0 Å². The Morgan fingerprint density at radius 2 is 1.83 bits per heavy atom. The molecule has 0 aliphatic rings. The van der Waals surface area contributed by atoms with Crippen LogP contribution in [-0.2, 0) is 9.53 Å². The van der Waals surface area contributed by atoms with Crippen LogP contribution in [0.15, 0.2) is 53.4 Å². The first-order valence-corrected chi connectivity index (χ1v) is 8.41. The molecule has 0 radical (unpaired) electrons. The summed E-state index contributed by atoms with van der Waals surface area (Å²) in [5.74, 6) is -0.0597. The van der Waals surface area contributed by atoms with Gasteiger partial charge in [0.25, 0.3) is 5.91 Å². The molecule has 2 rings (SSSR count). The lowest BCUT2D eigenvalue weighted by atomic mass is 10.2. The fourth-order valence-corrected chi connectivity index (χ4v) is 2.77. The van der Waals surface area contributed by atoms with E-state index in [2.05, 4.69) is 5.32 Å². The van der Waals surface area contributed by atoms with Crippen molar-refractivity contribution in [2.45, 2.75) is 11.8 Å². The van der Waals surface area contributed by atoms with E-state index in [1.165, 1.54) is 0 Å². The van der Waals surface area contributed by atoms with Crippen molar-refractivity contribution in [1.82, 2.24) is 0 Å². The summed E-state index contributed by atoms with van der Waals surface area (Å²) < 4.78 is 5.08. The Bertz CT molecular complexity index is 688. The van der Waals surface area contributed by atoms with Crippen molar-refractivity contribution in [3.8, 4) is 0 Å². The molecular weight excluding hydrogens is 334 g/mol. The van der Waals surface area contributed by atoms with Crippen LogP contribution in [0.5, 0.6) is 0 Å². The van der Waals surface area contributed by atoms with Crippen molar-refractivity contribution < 1.29 is 14.3 Å². The van der Waals surface area contributed by atoms with Crippen molar-refractivity contribution in [3.63, 3.8) is 0 Å². The quantitative estimate of drug-likeness (QED) is 0.625. The number of hydrogen-bond acceptors (Lipinski definition) is 4. The van der Waals surface area contributed by atoms with Gasteiger partial charge in [-0.3, -0.25) is 4.79 Å². The molecule has 0 saturated carbocycles. The molecule has 0 aliphatic heterocycles. The number of hydrogen-bond donors (Lipinski definition) is 1. The van der Waals surface area contributed by atoms with Crippen LogP contribution in [0.1, 0.15) is 17.3 Å². The largest absolute Gasteiger partial charge is 0.452 e. The highest BCUT2D eigenvalue weighted by Gasteiger charge is 2.14. The van der Waals surface area contributed by atoms with Gasteiger partial charge in [0.1, 0.15) is 0 Å². The number of halogens is 1. The number of anilines is 1. The minimum absolute atomic E-state index is 0.341. The maximum atomic E-state index is 12.1. The lowest BCUT2D eigenvalue weighted by Crippen LogP contribution is -2.21. The van der Waals surface area contributed by atoms with Gasteiger partial charge in [-0.05, 0) is 42.2 Å². The molecule has 0 unspecified atom stereocenters. The first-order chi connectivity index (χ1) is 11.1. The summed E-state index contributed by atoms with van der Waals surface area (Å²) in [4.78, 5) is 24.8. The smallest absolute Gasteiger partial charge is 0.339 e. The van der Waals surface area contributed by atoms with Crippen molar-refractivity contribution in [2.75, 3.05) is 17.7 Å². The third-order valence-corrected chi connectivity index (χ3v) is 4.08. The predicted molar refractivity (Wildman–Crippen MR) is 93.2 cm³/mol. The Balaban J connectivity index is 1.91. The lowest BCUT2D eigenvalue weighted by Gasteiger charge is -2.09. The number of carbonyl (C=O) groups excluding carboxylic acids is 2. The summed E-state index contributed by atoms with van der Waals surface area (Å²) in [7, 11) is 0. The number of esters is 1. The van der Waals surface area contributed by atoms with E-state index in [-0.39, 0.29) is 6.61 Å². The fraction of sp³-hybridized carbons (Fsp3) is 0.176. The molecule has 1 N–H and O–H groups in total. The van der Waals surface area contributed by atoms with Crippen LogP contribution in [0.2, 0.25) is 5.02 Å². The zero-order valence-electron chi connectivity index (χ0n) is 12.5.